The third kappa shape index (κ3) is 9.69. The van der Waals surface area contributed by atoms with Crippen molar-refractivity contribution in [2.45, 2.75) is 78.6 Å². The first-order valence-electron chi connectivity index (χ1n) is 7.80. The van der Waals surface area contributed by atoms with E-state index in [1.165, 1.54) is 45.4 Å². The quantitative estimate of drug-likeness (QED) is 0.302. The SMILES string of the molecule is CCCCCCCCCCC(C(C)=O)C(=O)OCC. The van der Waals surface area contributed by atoms with Crippen LogP contribution in [-0.4, -0.2) is 18.4 Å². The summed E-state index contributed by atoms with van der Waals surface area (Å²) in [6.07, 6.45) is 10.4. The van der Waals surface area contributed by atoms with Gasteiger partial charge in [-0.3, -0.25) is 9.59 Å². The average molecular weight is 270 g/mol. The maximum atomic E-state index is 11.6. The van der Waals surface area contributed by atoms with E-state index in [2.05, 4.69) is 6.92 Å². The van der Waals surface area contributed by atoms with Gasteiger partial charge in [-0.25, -0.2) is 0 Å². The summed E-state index contributed by atoms with van der Waals surface area (Å²) < 4.78 is 4.93. The fourth-order valence-electron chi connectivity index (χ4n) is 2.21. The van der Waals surface area contributed by atoms with Gasteiger partial charge in [-0.1, -0.05) is 58.3 Å². The van der Waals surface area contributed by atoms with Gasteiger partial charge in [0.15, 0.2) is 0 Å². The lowest BCUT2D eigenvalue weighted by atomic mass is 9.97. The summed E-state index contributed by atoms with van der Waals surface area (Å²) >= 11 is 0. The summed E-state index contributed by atoms with van der Waals surface area (Å²) in [5.41, 5.74) is 0. The second kappa shape index (κ2) is 12.2. The number of ether oxygens (including phenoxy) is 1. The van der Waals surface area contributed by atoms with Crippen molar-refractivity contribution in [1.82, 2.24) is 0 Å². The zero-order valence-electron chi connectivity index (χ0n) is 12.9. The van der Waals surface area contributed by atoms with Crippen molar-refractivity contribution in [3.05, 3.63) is 0 Å². The van der Waals surface area contributed by atoms with Crippen LogP contribution >= 0.6 is 0 Å². The van der Waals surface area contributed by atoms with E-state index < -0.39 is 5.92 Å². The molecule has 0 aromatic heterocycles. The first kappa shape index (κ1) is 18.1. The third-order valence-electron chi connectivity index (χ3n) is 3.41. The van der Waals surface area contributed by atoms with Crippen LogP contribution in [0.15, 0.2) is 0 Å². The zero-order valence-corrected chi connectivity index (χ0v) is 12.9. The summed E-state index contributed by atoms with van der Waals surface area (Å²) in [6.45, 7) is 5.81. The maximum absolute atomic E-state index is 11.6. The minimum absolute atomic E-state index is 0.0682. The lowest BCUT2D eigenvalue weighted by Gasteiger charge is -2.12. The highest BCUT2D eigenvalue weighted by atomic mass is 16.5. The van der Waals surface area contributed by atoms with Crippen molar-refractivity contribution in [3.63, 3.8) is 0 Å². The molecule has 0 saturated carbocycles. The Morgan fingerprint density at radius 1 is 0.895 bits per heavy atom. The Bertz CT molecular complexity index is 248. The van der Waals surface area contributed by atoms with E-state index in [1.54, 1.807) is 6.92 Å². The lowest BCUT2D eigenvalue weighted by molar-refractivity contribution is -0.151. The third-order valence-corrected chi connectivity index (χ3v) is 3.41. The lowest BCUT2D eigenvalue weighted by Crippen LogP contribution is -2.24. The second-order valence-electron chi connectivity index (χ2n) is 5.18. The summed E-state index contributed by atoms with van der Waals surface area (Å²) in [5, 5.41) is 0. The fourth-order valence-corrected chi connectivity index (χ4v) is 2.21. The highest BCUT2D eigenvalue weighted by Gasteiger charge is 2.23. The smallest absolute Gasteiger partial charge is 0.316 e. The molecular weight excluding hydrogens is 240 g/mol. The first-order chi connectivity index (χ1) is 9.13. The van der Waals surface area contributed by atoms with Crippen LogP contribution in [-0.2, 0) is 14.3 Å². The van der Waals surface area contributed by atoms with Crippen LogP contribution < -0.4 is 0 Å². The predicted octanol–water partition coefficient (Wildman–Crippen LogP) is 4.29. The zero-order chi connectivity index (χ0) is 14.5. The van der Waals surface area contributed by atoms with Gasteiger partial charge in [-0.2, -0.15) is 0 Å². The molecule has 0 heterocycles. The molecule has 1 unspecified atom stereocenters. The number of rotatable bonds is 12. The summed E-state index contributed by atoms with van der Waals surface area (Å²) in [5.74, 6) is -0.959. The monoisotopic (exact) mass is 270 g/mol. The van der Waals surface area contributed by atoms with E-state index in [0.29, 0.717) is 13.0 Å². The molecule has 112 valence electrons. The molecule has 3 nitrogen and oxygen atoms in total. The van der Waals surface area contributed by atoms with Crippen molar-refractivity contribution in [3.8, 4) is 0 Å². The minimum atomic E-state index is -0.542. The number of esters is 1. The van der Waals surface area contributed by atoms with Gasteiger partial charge in [0.05, 0.1) is 6.61 Å². The number of carbonyl (C=O) groups excluding carboxylic acids is 2. The predicted molar refractivity (Wildman–Crippen MR) is 78.0 cm³/mol. The van der Waals surface area contributed by atoms with E-state index in [4.69, 9.17) is 4.74 Å². The Labute approximate surface area is 118 Å². The van der Waals surface area contributed by atoms with Crippen LogP contribution in [0, 0.1) is 5.92 Å². The van der Waals surface area contributed by atoms with Gasteiger partial charge >= 0.3 is 5.97 Å². The molecule has 0 aliphatic rings. The molecule has 3 heteroatoms. The molecule has 0 fully saturated rings. The number of ketones is 1. The molecule has 0 amide bonds. The molecule has 0 aromatic rings. The van der Waals surface area contributed by atoms with Crippen LogP contribution in [0.5, 0.6) is 0 Å². The summed E-state index contributed by atoms with van der Waals surface area (Å²) in [6, 6.07) is 0. The van der Waals surface area contributed by atoms with Crippen molar-refractivity contribution in [2.75, 3.05) is 6.61 Å². The van der Waals surface area contributed by atoms with Gasteiger partial charge < -0.3 is 4.74 Å². The Morgan fingerprint density at radius 3 is 1.89 bits per heavy atom. The van der Waals surface area contributed by atoms with Gasteiger partial charge in [-0.15, -0.1) is 0 Å². The molecule has 0 radical (unpaired) electrons. The molecule has 0 aromatic carbocycles. The fraction of sp³-hybridized carbons (Fsp3) is 0.875. The van der Waals surface area contributed by atoms with Gasteiger partial charge in [0, 0.05) is 0 Å². The molecule has 0 saturated heterocycles. The van der Waals surface area contributed by atoms with E-state index in [-0.39, 0.29) is 11.8 Å². The molecule has 19 heavy (non-hydrogen) atoms. The maximum Gasteiger partial charge on any atom is 0.316 e. The highest BCUT2D eigenvalue weighted by Crippen LogP contribution is 2.15. The largest absolute Gasteiger partial charge is 0.465 e. The van der Waals surface area contributed by atoms with Crippen molar-refractivity contribution in [2.24, 2.45) is 5.92 Å². The topological polar surface area (TPSA) is 43.4 Å². The van der Waals surface area contributed by atoms with Crippen LogP contribution in [0.1, 0.15) is 78.6 Å². The molecule has 0 rings (SSSR count). The van der Waals surface area contributed by atoms with Crippen LogP contribution in [0.3, 0.4) is 0 Å². The Balaban J connectivity index is 3.65. The molecule has 0 spiro atoms. The molecule has 0 aliphatic heterocycles. The van der Waals surface area contributed by atoms with Gasteiger partial charge in [-0.05, 0) is 20.3 Å². The minimum Gasteiger partial charge on any atom is -0.465 e. The molecule has 0 aliphatic carbocycles. The van der Waals surface area contributed by atoms with Crippen molar-refractivity contribution in [1.29, 1.82) is 0 Å². The number of Topliss-reactive ketones (excluding diaryl/α,β-unsaturated/α-hetero) is 1. The normalized spacial score (nSPS) is 12.2. The number of hydrogen-bond donors (Lipinski definition) is 0. The average Bonchev–Trinajstić information content (AvgIpc) is 2.36. The summed E-state index contributed by atoms with van der Waals surface area (Å²) in [7, 11) is 0. The van der Waals surface area contributed by atoms with Gasteiger partial charge in [0.1, 0.15) is 11.7 Å². The second-order valence-corrected chi connectivity index (χ2v) is 5.18. The molecule has 1 atom stereocenters. The summed E-state index contributed by atoms with van der Waals surface area (Å²) in [4.78, 5) is 23.0. The van der Waals surface area contributed by atoms with E-state index in [1.807, 2.05) is 0 Å². The molecule has 0 bridgehead atoms. The Morgan fingerprint density at radius 2 is 1.42 bits per heavy atom. The molecule has 0 N–H and O–H groups in total. The Hall–Kier alpha value is -0.860. The number of hydrogen-bond acceptors (Lipinski definition) is 3. The number of unbranched alkanes of at least 4 members (excludes halogenated alkanes) is 7. The highest BCUT2D eigenvalue weighted by molar-refractivity contribution is 5.97. The van der Waals surface area contributed by atoms with Crippen molar-refractivity contribution < 1.29 is 14.3 Å². The molecular formula is C16H30O3. The van der Waals surface area contributed by atoms with Crippen LogP contribution in [0.2, 0.25) is 0 Å². The van der Waals surface area contributed by atoms with E-state index in [9.17, 15) is 9.59 Å². The van der Waals surface area contributed by atoms with Gasteiger partial charge in [0.25, 0.3) is 0 Å². The first-order valence-corrected chi connectivity index (χ1v) is 7.80. The van der Waals surface area contributed by atoms with Crippen LogP contribution in [0.25, 0.3) is 0 Å². The van der Waals surface area contributed by atoms with Crippen molar-refractivity contribution >= 4 is 11.8 Å². The Kier molecular flexibility index (Phi) is 11.6. The van der Waals surface area contributed by atoms with E-state index >= 15 is 0 Å². The van der Waals surface area contributed by atoms with Gasteiger partial charge in [0.2, 0.25) is 0 Å². The number of carbonyl (C=O) groups is 2. The van der Waals surface area contributed by atoms with E-state index in [0.717, 1.165) is 12.8 Å². The van der Waals surface area contributed by atoms with Crippen LogP contribution in [0.4, 0.5) is 0 Å². The standard InChI is InChI=1S/C16H30O3/c1-4-6-7-8-9-10-11-12-13-15(14(3)17)16(18)19-5-2/h15H,4-13H2,1-3H3.